The van der Waals surface area contributed by atoms with Crippen LogP contribution in [-0.4, -0.2) is 95.7 Å². The van der Waals surface area contributed by atoms with Crippen LogP contribution in [0.15, 0.2) is 110 Å². The molecule has 0 saturated heterocycles. The van der Waals surface area contributed by atoms with Gasteiger partial charge in [-0.3, -0.25) is 19.6 Å². The average molecular weight is 991 g/mol. The number of hydrogen-bond acceptors (Lipinski definition) is 17. The van der Waals surface area contributed by atoms with Gasteiger partial charge in [0.25, 0.3) is 11.8 Å². The number of hydrogen-bond donors (Lipinski definition) is 2. The Morgan fingerprint density at radius 2 is 1.19 bits per heavy atom. The maximum Gasteiger partial charge on any atom is 1.00 e. The number of methoxy groups -OCH3 is 2. The number of carbonyl (C=O) groups excluding carboxylic acids is 2. The van der Waals surface area contributed by atoms with Crippen molar-refractivity contribution in [3.8, 4) is 23.0 Å². The molecule has 22 heteroatoms. The van der Waals surface area contributed by atoms with E-state index in [4.69, 9.17) is 28.9 Å². The second kappa shape index (κ2) is 21.2. The summed E-state index contributed by atoms with van der Waals surface area (Å²) in [7, 11) is -2.12. The van der Waals surface area contributed by atoms with E-state index in [-0.39, 0.29) is 113 Å². The molecule has 4 aromatic carbocycles. The van der Waals surface area contributed by atoms with Crippen LogP contribution in [0.5, 0.6) is 23.0 Å². The van der Waals surface area contributed by atoms with Crippen molar-refractivity contribution in [1.29, 1.82) is 0 Å². The van der Waals surface area contributed by atoms with Crippen molar-refractivity contribution in [2.45, 2.75) is 42.9 Å². The quantitative estimate of drug-likeness (QED) is 0.0381. The van der Waals surface area contributed by atoms with Gasteiger partial charge in [-0.05, 0) is 71.5 Å². The number of carbonyl (C=O) groups is 2. The predicted octanol–water partition coefficient (Wildman–Crippen LogP) is 0.557. The molecule has 2 unspecified atom stereocenters. The summed E-state index contributed by atoms with van der Waals surface area (Å²) in [6, 6.07) is 23.7. The number of nitrogens with zero attached hydrogens (tertiary/aromatic N) is 4. The number of nitrogens with one attached hydrogen (secondary N) is 2. The Bertz CT molecular complexity index is 3150. The molecule has 4 atom stereocenters. The molecule has 2 amide bonds. The van der Waals surface area contributed by atoms with Gasteiger partial charge in [0.15, 0.2) is 29.2 Å². The van der Waals surface area contributed by atoms with Crippen LogP contribution in [0.3, 0.4) is 0 Å². The molecule has 0 saturated carbocycles. The molecule has 4 aliphatic rings. The number of aromatic nitrogens is 2. The standard InChI is InChI=1S/C47H42N6O12S2.2Na/c1-59-40-18-32-36(50-44(63-64-65-66)38-16-30(24-52(38)46(32)54)28-14-26-8-3-5-10-34(26)48-22-28)20-42(40)61-12-7-13-62-43-21-37-33(19-41(43)60-2)47(55)53-25-31(17-39(53)45(51-37)67(56,57)58)29-15-27-9-4-6-11-35(27)49-23-29;;/h3-6,8-11,14-15,18-25,38-39,44-45,50-51,66H,7,12-13,16-17H2,1-2H3,(H,56,57,58);;/q;2*+1/p-2/t38-,39-,44?,45?;;/m0../s1. The number of fused-ring (bicyclic) bond motifs is 6. The Morgan fingerprint density at radius 3 is 1.70 bits per heavy atom. The van der Waals surface area contributed by atoms with Crippen LogP contribution in [0.1, 0.15) is 51.1 Å². The van der Waals surface area contributed by atoms with E-state index in [9.17, 15) is 22.6 Å². The molecule has 0 aliphatic carbocycles. The first-order valence-corrected chi connectivity index (χ1v) is 22.9. The van der Waals surface area contributed by atoms with Crippen LogP contribution in [0.25, 0.3) is 33.0 Å². The van der Waals surface area contributed by atoms with E-state index in [1.54, 1.807) is 41.8 Å². The fourth-order valence-electron chi connectivity index (χ4n) is 8.95. The van der Waals surface area contributed by atoms with Gasteiger partial charge in [0.1, 0.15) is 15.5 Å². The van der Waals surface area contributed by atoms with Crippen LogP contribution in [0.2, 0.25) is 0 Å². The average Bonchev–Trinajstić information content (AvgIpc) is 3.95. The monoisotopic (exact) mass is 990 g/mol. The first-order chi connectivity index (χ1) is 32.5. The Morgan fingerprint density at radius 1 is 0.696 bits per heavy atom. The third kappa shape index (κ3) is 10.0. The summed E-state index contributed by atoms with van der Waals surface area (Å²) in [6.45, 7) is 0.207. The second-order valence-corrected chi connectivity index (χ2v) is 17.7. The minimum Gasteiger partial charge on any atom is -0.746 e. The smallest absolute Gasteiger partial charge is 0.746 e. The van der Waals surface area contributed by atoms with Crippen molar-refractivity contribution in [2.75, 3.05) is 38.1 Å². The first kappa shape index (κ1) is 50.4. The first-order valence-electron chi connectivity index (χ1n) is 21.1. The zero-order valence-electron chi connectivity index (χ0n) is 37.7. The molecular formula is C47H40N6Na2O12S2. The molecule has 10 rings (SSSR count). The van der Waals surface area contributed by atoms with Crippen LogP contribution >= 0.6 is 0 Å². The third-order valence-electron chi connectivity index (χ3n) is 12.2. The normalized spacial score (nSPS) is 19.2. The van der Waals surface area contributed by atoms with Crippen LogP contribution in [-0.2, 0) is 37.3 Å². The SMILES string of the molecule is COc1cc2c(cc1OCCCOc1cc3c(cc1OC)C(=O)N1C=C(c4cnc5ccccc5c4)C[C@H]1C(S(=O)(=O)[O-])N3)NC(OOO[S-])[C@@H]1CC(c3cnc4ccccc4c3)=CN1C2=O.[Na+].[Na+]. The number of amides is 2. The zero-order chi connectivity index (χ0) is 46.4. The van der Waals surface area contributed by atoms with Crippen molar-refractivity contribution >= 4 is 79.2 Å². The second-order valence-electron chi connectivity index (χ2n) is 16.1. The molecular weight excluding hydrogens is 951 g/mol. The van der Waals surface area contributed by atoms with Gasteiger partial charge in [0, 0.05) is 54.1 Å². The molecule has 0 spiro atoms. The van der Waals surface area contributed by atoms with E-state index in [1.807, 2.05) is 60.7 Å². The van der Waals surface area contributed by atoms with Gasteiger partial charge in [-0.15, -0.1) is 0 Å². The summed E-state index contributed by atoms with van der Waals surface area (Å²) in [4.78, 5) is 45.9. The fourth-order valence-corrected chi connectivity index (χ4v) is 9.87. The Hall–Kier alpha value is -4.94. The Kier molecular flexibility index (Phi) is 15.5. The van der Waals surface area contributed by atoms with Crippen molar-refractivity contribution in [3.05, 3.63) is 132 Å². The van der Waals surface area contributed by atoms with E-state index in [1.165, 1.54) is 31.3 Å². The summed E-state index contributed by atoms with van der Waals surface area (Å²) in [5.74, 6) is 0.154. The van der Waals surface area contributed by atoms with Gasteiger partial charge in [0.2, 0.25) is 0 Å². The number of benzene rings is 4. The van der Waals surface area contributed by atoms with Crippen LogP contribution < -0.4 is 88.7 Å². The predicted molar refractivity (Wildman–Crippen MR) is 245 cm³/mol. The molecule has 344 valence electrons. The Balaban J connectivity index is 0.00000321. The third-order valence-corrected chi connectivity index (χ3v) is 13.3. The maximum atomic E-state index is 14.2. The van der Waals surface area contributed by atoms with E-state index in [0.717, 1.165) is 32.9 Å². The van der Waals surface area contributed by atoms with E-state index in [2.05, 4.69) is 37.8 Å². The van der Waals surface area contributed by atoms with Crippen molar-refractivity contribution in [2.24, 2.45) is 0 Å². The minimum atomic E-state index is -4.99. The topological polar surface area (TPSA) is 212 Å². The number of para-hydroxylation sites is 2. The van der Waals surface area contributed by atoms with Crippen molar-refractivity contribution in [3.63, 3.8) is 0 Å². The molecule has 18 nitrogen and oxygen atoms in total. The summed E-state index contributed by atoms with van der Waals surface area (Å²) in [5.41, 5.74) is 5.56. The molecule has 0 fully saturated rings. The Labute approximate surface area is 446 Å². The molecule has 6 heterocycles. The van der Waals surface area contributed by atoms with E-state index in [0.29, 0.717) is 41.2 Å². The number of pyridine rings is 2. The van der Waals surface area contributed by atoms with Gasteiger partial charge in [-0.25, -0.2) is 8.42 Å². The molecule has 2 aromatic heterocycles. The van der Waals surface area contributed by atoms with E-state index < -0.39 is 39.7 Å². The van der Waals surface area contributed by atoms with Gasteiger partial charge in [-0.2, -0.15) is 4.89 Å². The number of anilines is 2. The molecule has 6 aromatic rings. The summed E-state index contributed by atoms with van der Waals surface area (Å²) in [5, 5.41) is 11.0. The fraction of sp³-hybridized carbons (Fsp3) is 0.234. The summed E-state index contributed by atoms with van der Waals surface area (Å²) in [6.07, 6.45) is 6.66. The molecule has 2 N–H and O–H groups in total. The number of rotatable bonds is 14. The van der Waals surface area contributed by atoms with Gasteiger partial charge in [-0.1, -0.05) is 41.4 Å². The van der Waals surface area contributed by atoms with Crippen molar-refractivity contribution in [1.82, 2.24) is 19.8 Å². The van der Waals surface area contributed by atoms with E-state index >= 15 is 0 Å². The zero-order valence-corrected chi connectivity index (χ0v) is 43.4. The maximum absolute atomic E-state index is 14.2. The summed E-state index contributed by atoms with van der Waals surface area (Å²) >= 11 is 4.50. The molecule has 0 bridgehead atoms. The molecule has 4 aliphatic heterocycles. The largest absolute Gasteiger partial charge is 1.00 e. The molecule has 69 heavy (non-hydrogen) atoms. The van der Waals surface area contributed by atoms with Crippen LogP contribution in [0, 0.1) is 0 Å². The van der Waals surface area contributed by atoms with Gasteiger partial charge in [0.05, 0.1) is 73.1 Å². The molecule has 0 radical (unpaired) electrons. The minimum absolute atomic E-state index is 0. The van der Waals surface area contributed by atoms with Crippen LogP contribution in [0.4, 0.5) is 11.4 Å². The van der Waals surface area contributed by atoms with Gasteiger partial charge < -0.3 is 61.2 Å². The van der Waals surface area contributed by atoms with Crippen molar-refractivity contribution < 1.29 is 115 Å². The van der Waals surface area contributed by atoms with Gasteiger partial charge >= 0.3 is 59.1 Å². The number of ether oxygens (including phenoxy) is 4. The summed E-state index contributed by atoms with van der Waals surface area (Å²) < 4.78 is 66.4.